The van der Waals surface area contributed by atoms with E-state index in [9.17, 15) is 9.18 Å². The van der Waals surface area contributed by atoms with Gasteiger partial charge in [-0.25, -0.2) is 19.2 Å². The van der Waals surface area contributed by atoms with Crippen molar-refractivity contribution in [2.45, 2.75) is 26.7 Å². The Hall–Kier alpha value is -2.70. The van der Waals surface area contributed by atoms with E-state index >= 15 is 0 Å². The molecule has 1 aliphatic rings. The summed E-state index contributed by atoms with van der Waals surface area (Å²) in [4.78, 5) is 23.3. The molecule has 0 atom stereocenters. The van der Waals surface area contributed by atoms with Crippen LogP contribution in [0.2, 0.25) is 0 Å². The Morgan fingerprint density at radius 1 is 1.04 bits per heavy atom. The summed E-state index contributed by atoms with van der Waals surface area (Å²) in [5, 5.41) is 5.43. The molecule has 0 unspecified atom stereocenters. The first kappa shape index (κ1) is 16.2. The third-order valence-electron chi connectivity index (χ3n) is 3.99. The number of aryl methyl sites for hydroxylation is 2. The number of nitrogens with one attached hydrogen (secondary N) is 2. The number of rotatable bonds is 3. The van der Waals surface area contributed by atoms with Crippen LogP contribution in [0.3, 0.4) is 0 Å². The topological polar surface area (TPSA) is 70.2 Å². The van der Waals surface area contributed by atoms with E-state index in [1.54, 1.807) is 0 Å². The maximum atomic E-state index is 12.9. The number of halogens is 1. The fraction of sp³-hybridized carbons (Fsp3) is 0.353. The summed E-state index contributed by atoms with van der Waals surface area (Å²) in [6.07, 6.45) is 2.31. The van der Waals surface area contributed by atoms with E-state index < -0.39 is 6.03 Å². The van der Waals surface area contributed by atoms with Gasteiger partial charge in [0.05, 0.1) is 17.1 Å². The predicted octanol–water partition coefficient (Wildman–Crippen LogP) is 3.48. The summed E-state index contributed by atoms with van der Waals surface area (Å²) < 4.78 is 12.9. The zero-order valence-electron chi connectivity index (χ0n) is 13.8. The quantitative estimate of drug-likeness (QED) is 0.904. The highest BCUT2D eigenvalue weighted by Gasteiger charge is 2.18. The molecule has 126 valence electrons. The van der Waals surface area contributed by atoms with Gasteiger partial charge in [-0.15, -0.1) is 0 Å². The van der Waals surface area contributed by atoms with Crippen LogP contribution in [0.5, 0.6) is 0 Å². The van der Waals surface area contributed by atoms with Crippen LogP contribution in [0.1, 0.15) is 24.2 Å². The highest BCUT2D eigenvalue weighted by atomic mass is 19.1. The Labute approximate surface area is 140 Å². The van der Waals surface area contributed by atoms with Crippen LogP contribution < -0.4 is 15.5 Å². The van der Waals surface area contributed by atoms with Crippen molar-refractivity contribution in [3.8, 4) is 0 Å². The van der Waals surface area contributed by atoms with Gasteiger partial charge in [-0.1, -0.05) is 0 Å². The Morgan fingerprint density at radius 2 is 1.62 bits per heavy atom. The van der Waals surface area contributed by atoms with Gasteiger partial charge in [-0.3, -0.25) is 0 Å². The van der Waals surface area contributed by atoms with Crippen LogP contribution >= 0.6 is 0 Å². The minimum absolute atomic E-state index is 0.349. The van der Waals surface area contributed by atoms with Gasteiger partial charge < -0.3 is 15.5 Å². The predicted molar refractivity (Wildman–Crippen MR) is 92.0 cm³/mol. The zero-order valence-corrected chi connectivity index (χ0v) is 13.8. The lowest BCUT2D eigenvalue weighted by Crippen LogP contribution is -2.24. The number of anilines is 3. The average Bonchev–Trinajstić information content (AvgIpc) is 3.07. The number of nitrogens with zero attached hydrogens (tertiary/aromatic N) is 3. The van der Waals surface area contributed by atoms with E-state index in [0.29, 0.717) is 17.3 Å². The molecule has 3 rings (SSSR count). The standard InChI is InChI=1S/C17H20FN5O/c1-11-15(12(2)20-16(19-11)23-9-3-4-10-23)22-17(24)21-14-7-5-13(18)6-8-14/h5-8H,3-4,9-10H2,1-2H3,(H2,21,22,24). The van der Waals surface area contributed by atoms with Gasteiger partial charge in [-0.2, -0.15) is 0 Å². The number of hydrogen-bond donors (Lipinski definition) is 2. The average molecular weight is 329 g/mol. The molecule has 0 aliphatic carbocycles. The van der Waals surface area contributed by atoms with Crippen molar-refractivity contribution in [3.05, 3.63) is 41.5 Å². The van der Waals surface area contributed by atoms with E-state index in [4.69, 9.17) is 0 Å². The van der Waals surface area contributed by atoms with Crippen LogP contribution in [-0.4, -0.2) is 29.1 Å². The minimum atomic E-state index is -0.412. The van der Waals surface area contributed by atoms with Crippen molar-refractivity contribution in [2.75, 3.05) is 28.6 Å². The molecule has 0 radical (unpaired) electrons. The van der Waals surface area contributed by atoms with Crippen molar-refractivity contribution in [3.63, 3.8) is 0 Å². The highest BCUT2D eigenvalue weighted by Crippen LogP contribution is 2.23. The lowest BCUT2D eigenvalue weighted by Gasteiger charge is -2.18. The summed E-state index contributed by atoms with van der Waals surface area (Å²) in [6, 6.07) is 5.17. The molecule has 2 aromatic rings. The van der Waals surface area contributed by atoms with Gasteiger partial charge >= 0.3 is 6.03 Å². The number of amides is 2. The molecule has 0 spiro atoms. The van der Waals surface area contributed by atoms with E-state index in [-0.39, 0.29) is 5.82 Å². The molecule has 1 saturated heterocycles. The molecule has 24 heavy (non-hydrogen) atoms. The second-order valence-electron chi connectivity index (χ2n) is 5.85. The Kier molecular flexibility index (Phi) is 4.59. The van der Waals surface area contributed by atoms with Gasteiger partial charge in [0.25, 0.3) is 0 Å². The zero-order chi connectivity index (χ0) is 17.1. The van der Waals surface area contributed by atoms with Crippen LogP contribution in [0.25, 0.3) is 0 Å². The number of aromatic nitrogens is 2. The first-order valence-corrected chi connectivity index (χ1v) is 7.96. The molecule has 2 N–H and O–H groups in total. The lowest BCUT2D eigenvalue weighted by atomic mass is 10.3. The van der Waals surface area contributed by atoms with Crippen molar-refractivity contribution in [1.29, 1.82) is 0 Å². The molecular formula is C17H20FN5O. The Balaban J connectivity index is 1.72. The van der Waals surface area contributed by atoms with Gasteiger partial charge in [0.1, 0.15) is 5.82 Å². The second-order valence-corrected chi connectivity index (χ2v) is 5.85. The highest BCUT2D eigenvalue weighted by molar-refractivity contribution is 6.00. The molecule has 2 heterocycles. The van der Waals surface area contributed by atoms with Crippen molar-refractivity contribution >= 4 is 23.4 Å². The van der Waals surface area contributed by atoms with Gasteiger partial charge in [-0.05, 0) is 51.0 Å². The number of hydrogen-bond acceptors (Lipinski definition) is 4. The number of urea groups is 1. The van der Waals surface area contributed by atoms with Crippen LogP contribution in [0.4, 0.5) is 26.5 Å². The van der Waals surface area contributed by atoms with Crippen LogP contribution in [0.15, 0.2) is 24.3 Å². The molecule has 7 heteroatoms. The first-order valence-electron chi connectivity index (χ1n) is 7.96. The van der Waals surface area contributed by atoms with E-state index in [2.05, 4.69) is 25.5 Å². The molecular weight excluding hydrogens is 309 g/mol. The molecule has 0 bridgehead atoms. The second kappa shape index (κ2) is 6.82. The van der Waals surface area contributed by atoms with Crippen molar-refractivity contribution < 1.29 is 9.18 Å². The summed E-state index contributed by atoms with van der Waals surface area (Å²) in [7, 11) is 0. The lowest BCUT2D eigenvalue weighted by molar-refractivity contribution is 0.262. The fourth-order valence-corrected chi connectivity index (χ4v) is 2.75. The smallest absolute Gasteiger partial charge is 0.323 e. The van der Waals surface area contributed by atoms with E-state index in [1.165, 1.54) is 24.3 Å². The third-order valence-corrected chi connectivity index (χ3v) is 3.99. The largest absolute Gasteiger partial charge is 0.341 e. The monoisotopic (exact) mass is 329 g/mol. The molecule has 1 aromatic carbocycles. The number of benzene rings is 1. The fourth-order valence-electron chi connectivity index (χ4n) is 2.75. The maximum absolute atomic E-state index is 12.9. The number of carbonyl (C=O) groups is 1. The Morgan fingerprint density at radius 3 is 2.21 bits per heavy atom. The first-order chi connectivity index (χ1) is 11.5. The molecule has 1 aromatic heterocycles. The van der Waals surface area contributed by atoms with Crippen molar-refractivity contribution in [2.24, 2.45) is 0 Å². The van der Waals surface area contributed by atoms with Gasteiger partial charge in [0, 0.05) is 18.8 Å². The number of carbonyl (C=O) groups excluding carboxylic acids is 1. The van der Waals surface area contributed by atoms with E-state index in [1.807, 2.05) is 13.8 Å². The SMILES string of the molecule is Cc1nc(N2CCCC2)nc(C)c1NC(=O)Nc1ccc(F)cc1. The summed E-state index contributed by atoms with van der Waals surface area (Å²) in [6.45, 7) is 5.64. The van der Waals surface area contributed by atoms with Crippen LogP contribution in [-0.2, 0) is 0 Å². The van der Waals surface area contributed by atoms with Gasteiger partial charge in [0.15, 0.2) is 0 Å². The molecule has 1 aliphatic heterocycles. The van der Waals surface area contributed by atoms with Crippen LogP contribution in [0, 0.1) is 19.7 Å². The third kappa shape index (κ3) is 3.61. The molecule has 1 fully saturated rings. The maximum Gasteiger partial charge on any atom is 0.323 e. The van der Waals surface area contributed by atoms with Gasteiger partial charge in [0.2, 0.25) is 5.95 Å². The van der Waals surface area contributed by atoms with E-state index in [0.717, 1.165) is 37.3 Å². The molecule has 0 saturated carbocycles. The minimum Gasteiger partial charge on any atom is -0.341 e. The summed E-state index contributed by atoms with van der Waals surface area (Å²) in [5.74, 6) is 0.366. The Bertz CT molecular complexity index is 718. The molecule has 6 nitrogen and oxygen atoms in total. The molecule has 2 amide bonds. The summed E-state index contributed by atoms with van der Waals surface area (Å²) >= 11 is 0. The normalized spacial score (nSPS) is 13.9. The van der Waals surface area contributed by atoms with Crippen molar-refractivity contribution in [1.82, 2.24) is 9.97 Å². The summed E-state index contributed by atoms with van der Waals surface area (Å²) in [5.41, 5.74) is 2.55.